The molecule has 0 amide bonds. The maximum Gasteiger partial charge on any atom is 0.0728 e. The molecule has 1 heteroatoms. The van der Waals surface area contributed by atoms with Crippen molar-refractivity contribution in [1.29, 1.82) is 0 Å². The fourth-order valence-corrected chi connectivity index (χ4v) is 4.08. The van der Waals surface area contributed by atoms with Gasteiger partial charge in [0.15, 0.2) is 0 Å². The molecule has 1 aliphatic rings. The monoisotopic (exact) mass is 210 g/mol. The first-order chi connectivity index (χ1) is 6.55. The van der Waals surface area contributed by atoms with Gasteiger partial charge in [-0.3, -0.25) is 0 Å². The lowest BCUT2D eigenvalue weighted by molar-refractivity contribution is 0.633. The van der Waals surface area contributed by atoms with Gasteiger partial charge in [-0.2, -0.15) is 0 Å². The fourth-order valence-electron chi connectivity index (χ4n) is 2.15. The van der Waals surface area contributed by atoms with Gasteiger partial charge in [0.25, 0.3) is 0 Å². The Bertz CT molecular complexity index is 208. The fraction of sp³-hybridized carbons (Fsp3) is 0.846. The highest BCUT2D eigenvalue weighted by atomic mass is 28.3. The molecule has 0 aromatic heterocycles. The van der Waals surface area contributed by atoms with Crippen molar-refractivity contribution < 1.29 is 0 Å². The standard InChI is InChI=1S/C13H26Si/c1-5-6-7-8-9-10-12-11-13(12)14(2,3)4/h5-11H2,1-4H3. The van der Waals surface area contributed by atoms with Gasteiger partial charge in [-0.25, -0.2) is 0 Å². The van der Waals surface area contributed by atoms with E-state index in [9.17, 15) is 0 Å². The first-order valence-corrected chi connectivity index (χ1v) is 9.77. The van der Waals surface area contributed by atoms with Crippen molar-refractivity contribution in [2.45, 2.75) is 71.5 Å². The van der Waals surface area contributed by atoms with Crippen molar-refractivity contribution in [3.63, 3.8) is 0 Å². The van der Waals surface area contributed by atoms with Crippen LogP contribution in [0.1, 0.15) is 51.9 Å². The molecule has 82 valence electrons. The van der Waals surface area contributed by atoms with Crippen molar-refractivity contribution in [2.24, 2.45) is 0 Å². The second-order valence-electron chi connectivity index (χ2n) is 5.67. The molecule has 1 aliphatic carbocycles. The number of hydrogen-bond donors (Lipinski definition) is 0. The van der Waals surface area contributed by atoms with Gasteiger partial charge < -0.3 is 0 Å². The Morgan fingerprint density at radius 2 is 1.64 bits per heavy atom. The molecule has 0 N–H and O–H groups in total. The second-order valence-corrected chi connectivity index (χ2v) is 10.8. The highest BCUT2D eigenvalue weighted by Gasteiger charge is 2.31. The van der Waals surface area contributed by atoms with Crippen LogP contribution in [0.15, 0.2) is 10.8 Å². The maximum absolute atomic E-state index is 2.48. The summed E-state index contributed by atoms with van der Waals surface area (Å²) in [6.45, 7) is 9.72. The van der Waals surface area contributed by atoms with Crippen LogP contribution in [0, 0.1) is 0 Å². The first kappa shape index (κ1) is 12.0. The zero-order valence-electron chi connectivity index (χ0n) is 10.4. The summed E-state index contributed by atoms with van der Waals surface area (Å²) >= 11 is 0. The van der Waals surface area contributed by atoms with Crippen molar-refractivity contribution >= 4 is 8.07 Å². The number of unbranched alkanes of at least 4 members (excludes halogenated alkanes) is 4. The summed E-state index contributed by atoms with van der Waals surface area (Å²) in [5, 5.41) is 1.88. The molecule has 0 radical (unpaired) electrons. The molecule has 0 nitrogen and oxygen atoms in total. The minimum absolute atomic E-state index is 0.882. The SMILES string of the molecule is CCCCCCCC1=C([Si](C)(C)C)C1. The van der Waals surface area contributed by atoms with Crippen molar-refractivity contribution in [2.75, 3.05) is 0 Å². The summed E-state index contributed by atoms with van der Waals surface area (Å²) in [4.78, 5) is 0. The lowest BCUT2D eigenvalue weighted by Crippen LogP contribution is -2.18. The Morgan fingerprint density at radius 3 is 2.14 bits per heavy atom. The predicted octanol–water partition coefficient (Wildman–Crippen LogP) is 4.92. The highest BCUT2D eigenvalue weighted by molar-refractivity contribution is 6.84. The molecule has 0 heterocycles. The largest absolute Gasteiger partial charge is 0.0776 e. The van der Waals surface area contributed by atoms with Crippen molar-refractivity contribution in [3.8, 4) is 0 Å². The minimum Gasteiger partial charge on any atom is -0.0776 e. The van der Waals surface area contributed by atoms with Crippen LogP contribution in [-0.4, -0.2) is 8.07 Å². The smallest absolute Gasteiger partial charge is 0.0728 e. The Balaban J connectivity index is 2.08. The molecule has 0 aliphatic heterocycles. The van der Waals surface area contributed by atoms with Gasteiger partial charge in [0, 0.05) is 0 Å². The van der Waals surface area contributed by atoms with Crippen LogP contribution >= 0.6 is 0 Å². The lowest BCUT2D eigenvalue weighted by Gasteiger charge is -2.09. The van der Waals surface area contributed by atoms with Crippen molar-refractivity contribution in [3.05, 3.63) is 10.8 Å². The van der Waals surface area contributed by atoms with E-state index in [1.165, 1.54) is 44.9 Å². The van der Waals surface area contributed by atoms with Crippen LogP contribution in [0.3, 0.4) is 0 Å². The third kappa shape index (κ3) is 3.99. The molecular formula is C13H26Si. The van der Waals surface area contributed by atoms with E-state index in [2.05, 4.69) is 26.6 Å². The maximum atomic E-state index is 2.48. The van der Waals surface area contributed by atoms with Crippen LogP contribution in [0.2, 0.25) is 19.6 Å². The summed E-state index contributed by atoms with van der Waals surface area (Å²) < 4.78 is 0. The molecule has 0 unspecified atom stereocenters. The number of rotatable bonds is 7. The van der Waals surface area contributed by atoms with Crippen LogP contribution in [-0.2, 0) is 0 Å². The van der Waals surface area contributed by atoms with Crippen LogP contribution in [0.4, 0.5) is 0 Å². The van der Waals surface area contributed by atoms with E-state index in [0.29, 0.717) is 0 Å². The third-order valence-electron chi connectivity index (χ3n) is 3.18. The summed E-state index contributed by atoms with van der Waals surface area (Å²) in [6.07, 6.45) is 9.97. The van der Waals surface area contributed by atoms with Gasteiger partial charge in [-0.15, -0.1) is 0 Å². The molecule has 0 spiro atoms. The van der Waals surface area contributed by atoms with E-state index >= 15 is 0 Å². The Kier molecular flexibility index (Phi) is 4.43. The van der Waals surface area contributed by atoms with E-state index in [-0.39, 0.29) is 0 Å². The molecule has 0 aromatic rings. The molecule has 0 atom stereocenters. The second kappa shape index (κ2) is 5.15. The van der Waals surface area contributed by atoms with Gasteiger partial charge >= 0.3 is 0 Å². The normalized spacial score (nSPS) is 16.3. The van der Waals surface area contributed by atoms with Gasteiger partial charge in [0.2, 0.25) is 0 Å². The van der Waals surface area contributed by atoms with Crippen LogP contribution in [0.5, 0.6) is 0 Å². The molecule has 0 saturated carbocycles. The summed E-state index contributed by atoms with van der Waals surface area (Å²) in [5.41, 5.74) is 1.83. The predicted molar refractivity (Wildman–Crippen MR) is 68.4 cm³/mol. The first-order valence-electron chi connectivity index (χ1n) is 6.27. The number of hydrogen-bond acceptors (Lipinski definition) is 0. The molecule has 0 fully saturated rings. The average molecular weight is 210 g/mol. The lowest BCUT2D eigenvalue weighted by atomic mass is 10.1. The molecular weight excluding hydrogens is 184 g/mol. The van der Waals surface area contributed by atoms with E-state index in [1.807, 2.05) is 10.8 Å². The summed E-state index contributed by atoms with van der Waals surface area (Å²) in [5.74, 6) is 0. The van der Waals surface area contributed by atoms with E-state index < -0.39 is 8.07 Å². The highest BCUT2D eigenvalue weighted by Crippen LogP contribution is 2.41. The zero-order valence-corrected chi connectivity index (χ0v) is 11.4. The Hall–Kier alpha value is -0.0431. The Labute approximate surface area is 90.8 Å². The van der Waals surface area contributed by atoms with Crippen LogP contribution < -0.4 is 0 Å². The van der Waals surface area contributed by atoms with Gasteiger partial charge in [0.1, 0.15) is 0 Å². The minimum atomic E-state index is -0.882. The molecule has 14 heavy (non-hydrogen) atoms. The van der Waals surface area contributed by atoms with E-state index in [1.54, 1.807) is 0 Å². The molecule has 0 aromatic carbocycles. The average Bonchev–Trinajstić information content (AvgIpc) is 2.82. The number of allylic oxidation sites excluding steroid dienone is 2. The molecule has 0 saturated heterocycles. The Morgan fingerprint density at radius 1 is 1.00 bits per heavy atom. The summed E-state index contributed by atoms with van der Waals surface area (Å²) in [7, 11) is -0.882. The van der Waals surface area contributed by atoms with Gasteiger partial charge in [0.05, 0.1) is 8.07 Å². The van der Waals surface area contributed by atoms with Gasteiger partial charge in [-0.05, 0) is 19.3 Å². The van der Waals surface area contributed by atoms with Crippen LogP contribution in [0.25, 0.3) is 0 Å². The van der Waals surface area contributed by atoms with Crippen molar-refractivity contribution in [1.82, 2.24) is 0 Å². The van der Waals surface area contributed by atoms with Gasteiger partial charge in [-0.1, -0.05) is 63.0 Å². The molecule has 0 bridgehead atoms. The summed E-state index contributed by atoms with van der Waals surface area (Å²) in [6, 6.07) is 0. The third-order valence-corrected chi connectivity index (χ3v) is 5.52. The molecule has 1 rings (SSSR count). The quantitative estimate of drug-likeness (QED) is 0.413. The van der Waals surface area contributed by atoms with E-state index in [0.717, 1.165) is 0 Å². The topological polar surface area (TPSA) is 0 Å². The van der Waals surface area contributed by atoms with E-state index in [4.69, 9.17) is 0 Å². The zero-order chi connectivity index (χ0) is 10.6.